The summed E-state index contributed by atoms with van der Waals surface area (Å²) < 4.78 is 38.9. The van der Waals surface area contributed by atoms with E-state index in [1.165, 1.54) is 0 Å². The topological polar surface area (TPSA) is 194 Å². The lowest BCUT2D eigenvalue weighted by Crippen LogP contribution is -2.43. The number of hydrogen-bond donors (Lipinski definition) is 4. The fourth-order valence-electron chi connectivity index (χ4n) is 5.65. The van der Waals surface area contributed by atoms with Gasteiger partial charge in [-0.05, 0) is 46.1 Å². The second kappa shape index (κ2) is 15.4. The standard InChI is InChI=1S/C18H23NO7.C10H17NO5.2CH4/c1-18(2)25-15-12(8-13(16(15)26-18)23-10-14(20)21)19-17(22)24-9-11-6-4-3-5-7-11;1-10(2)15-8-5(11)3-6(9(8)16-10)14-4-7(12)13;;/h3-7,12-13,15-16H,8-10H2,1-2H3,(H,19,22)(H,20,21);5-6,8-9H,3-4,11H2,1-2H3,(H,12,13);2*1H4/t12-,13+,15+,16-;5-,6+,8+,9-;;/m11../s1. The Kier molecular flexibility index (Phi) is 13.1. The van der Waals surface area contributed by atoms with Crippen molar-refractivity contribution in [1.29, 1.82) is 0 Å². The van der Waals surface area contributed by atoms with Crippen LogP contribution >= 0.6 is 0 Å². The number of amides is 1. The summed E-state index contributed by atoms with van der Waals surface area (Å²) in [6.45, 7) is 6.57. The molecule has 0 spiro atoms. The summed E-state index contributed by atoms with van der Waals surface area (Å²) in [5.74, 6) is -3.54. The summed E-state index contributed by atoms with van der Waals surface area (Å²) in [6.07, 6.45) is -1.70. The van der Waals surface area contributed by atoms with Crippen molar-refractivity contribution in [2.45, 2.75) is 122 Å². The number of nitrogens with one attached hydrogen (secondary N) is 1. The van der Waals surface area contributed by atoms with Crippen LogP contribution in [-0.2, 0) is 49.4 Å². The molecule has 44 heavy (non-hydrogen) atoms. The molecule has 2 aliphatic heterocycles. The Hall–Kier alpha value is -2.85. The van der Waals surface area contributed by atoms with Gasteiger partial charge in [0.15, 0.2) is 11.6 Å². The number of carboxylic acid groups (broad SMARTS) is 2. The van der Waals surface area contributed by atoms with Crippen LogP contribution in [0.3, 0.4) is 0 Å². The van der Waals surface area contributed by atoms with Crippen LogP contribution in [0, 0.1) is 0 Å². The number of fused-ring (bicyclic) bond motifs is 2. The van der Waals surface area contributed by atoms with Crippen LogP contribution in [0.15, 0.2) is 30.3 Å². The minimum absolute atomic E-state index is 0. The number of ether oxygens (including phenoxy) is 7. The van der Waals surface area contributed by atoms with Crippen LogP contribution in [0.5, 0.6) is 0 Å². The normalized spacial score (nSPS) is 32.1. The zero-order valence-electron chi connectivity index (χ0n) is 24.1. The molecule has 1 amide bonds. The van der Waals surface area contributed by atoms with Gasteiger partial charge in [0.2, 0.25) is 0 Å². The van der Waals surface area contributed by atoms with Crippen LogP contribution in [-0.4, -0.2) is 102 Å². The Balaban J connectivity index is 0.000000324. The molecule has 1 aromatic rings. The van der Waals surface area contributed by atoms with Gasteiger partial charge in [-0.25, -0.2) is 14.4 Å². The highest BCUT2D eigenvalue weighted by atomic mass is 16.8. The van der Waals surface area contributed by atoms with Gasteiger partial charge in [-0.1, -0.05) is 45.2 Å². The molecule has 0 aromatic heterocycles. The lowest BCUT2D eigenvalue weighted by atomic mass is 10.2. The minimum Gasteiger partial charge on any atom is -0.480 e. The smallest absolute Gasteiger partial charge is 0.407 e. The third-order valence-corrected chi connectivity index (χ3v) is 7.23. The molecule has 0 radical (unpaired) electrons. The molecule has 14 nitrogen and oxygen atoms in total. The quantitative estimate of drug-likeness (QED) is 0.312. The van der Waals surface area contributed by atoms with E-state index in [1.54, 1.807) is 13.8 Å². The monoisotopic (exact) mass is 628 g/mol. The molecular formula is C30H48N2O12. The molecule has 8 atom stereocenters. The maximum Gasteiger partial charge on any atom is 0.407 e. The van der Waals surface area contributed by atoms with Crippen molar-refractivity contribution in [3.8, 4) is 0 Å². The molecule has 2 saturated heterocycles. The van der Waals surface area contributed by atoms with Crippen molar-refractivity contribution in [1.82, 2.24) is 5.32 Å². The first kappa shape index (κ1) is 37.3. The Morgan fingerprint density at radius 2 is 1.30 bits per heavy atom. The van der Waals surface area contributed by atoms with Crippen LogP contribution in [0.25, 0.3) is 0 Å². The number of carboxylic acids is 2. The molecule has 2 heterocycles. The van der Waals surface area contributed by atoms with Gasteiger partial charge in [0.1, 0.15) is 44.2 Å². The number of aliphatic carboxylic acids is 2. The Morgan fingerprint density at radius 3 is 1.84 bits per heavy atom. The summed E-state index contributed by atoms with van der Waals surface area (Å²) in [4.78, 5) is 33.3. The third-order valence-electron chi connectivity index (χ3n) is 7.23. The maximum absolute atomic E-state index is 12.1. The van der Waals surface area contributed by atoms with E-state index in [2.05, 4.69) is 5.32 Å². The SMILES string of the molecule is C.C.CC1(C)O[C@@H]2[C@H](O1)[C@@H](OCC(=O)O)C[C@H]2N.CC1(C)O[C@@H]2[C@H](O1)[C@@H](OCC(=O)O)C[C@H]2NC(=O)OCc1ccccc1. The number of alkyl carbamates (subject to hydrolysis) is 1. The van der Waals surface area contributed by atoms with Gasteiger partial charge >= 0.3 is 18.0 Å². The van der Waals surface area contributed by atoms with E-state index in [1.807, 2.05) is 44.2 Å². The van der Waals surface area contributed by atoms with E-state index in [-0.39, 0.29) is 58.5 Å². The molecular weight excluding hydrogens is 580 g/mol. The predicted molar refractivity (Wildman–Crippen MR) is 157 cm³/mol. The highest BCUT2D eigenvalue weighted by Gasteiger charge is 2.55. The molecule has 14 heteroatoms. The lowest BCUT2D eigenvalue weighted by Gasteiger charge is -2.23. The molecule has 5 rings (SSSR count). The molecule has 4 aliphatic rings. The van der Waals surface area contributed by atoms with Gasteiger partial charge in [0.25, 0.3) is 0 Å². The van der Waals surface area contributed by atoms with Gasteiger partial charge in [-0.3, -0.25) is 0 Å². The van der Waals surface area contributed by atoms with Crippen molar-refractivity contribution in [2.24, 2.45) is 5.73 Å². The first-order valence-electron chi connectivity index (χ1n) is 13.8. The second-order valence-electron chi connectivity index (χ2n) is 11.6. The van der Waals surface area contributed by atoms with E-state index >= 15 is 0 Å². The van der Waals surface area contributed by atoms with Gasteiger partial charge in [0.05, 0.1) is 18.2 Å². The summed E-state index contributed by atoms with van der Waals surface area (Å²) in [5, 5.41) is 20.2. The van der Waals surface area contributed by atoms with E-state index in [0.29, 0.717) is 12.8 Å². The number of nitrogens with two attached hydrogens (primary N) is 1. The number of rotatable bonds is 9. The molecule has 2 saturated carbocycles. The fourth-order valence-corrected chi connectivity index (χ4v) is 5.65. The van der Waals surface area contributed by atoms with Crippen molar-refractivity contribution in [2.75, 3.05) is 13.2 Å². The van der Waals surface area contributed by atoms with Crippen LogP contribution < -0.4 is 11.1 Å². The number of benzene rings is 1. The Morgan fingerprint density at radius 1 is 0.818 bits per heavy atom. The largest absolute Gasteiger partial charge is 0.480 e. The number of carbonyl (C=O) groups excluding carboxylic acids is 1. The summed E-state index contributed by atoms with van der Waals surface area (Å²) >= 11 is 0. The molecule has 1 aromatic carbocycles. The van der Waals surface area contributed by atoms with Crippen molar-refractivity contribution < 1.29 is 57.8 Å². The van der Waals surface area contributed by atoms with E-state index < -0.39 is 54.5 Å². The molecule has 250 valence electrons. The van der Waals surface area contributed by atoms with Gasteiger partial charge in [-0.15, -0.1) is 0 Å². The van der Waals surface area contributed by atoms with Gasteiger partial charge < -0.3 is 54.4 Å². The van der Waals surface area contributed by atoms with Crippen molar-refractivity contribution >= 4 is 18.0 Å². The van der Waals surface area contributed by atoms with Crippen LogP contribution in [0.2, 0.25) is 0 Å². The third kappa shape index (κ3) is 9.83. The van der Waals surface area contributed by atoms with Gasteiger partial charge in [0, 0.05) is 6.04 Å². The molecule has 0 unspecified atom stereocenters. The second-order valence-corrected chi connectivity index (χ2v) is 11.6. The average Bonchev–Trinajstić information content (AvgIpc) is 3.59. The highest BCUT2D eigenvalue weighted by molar-refractivity contribution is 5.68. The van der Waals surface area contributed by atoms with Crippen LogP contribution in [0.1, 0.15) is 61.0 Å². The molecule has 2 aliphatic carbocycles. The first-order valence-corrected chi connectivity index (χ1v) is 13.8. The molecule has 5 N–H and O–H groups in total. The van der Waals surface area contributed by atoms with Crippen molar-refractivity contribution in [3.63, 3.8) is 0 Å². The van der Waals surface area contributed by atoms with Gasteiger partial charge in [-0.2, -0.15) is 0 Å². The minimum atomic E-state index is -1.06. The first-order chi connectivity index (χ1) is 19.7. The fraction of sp³-hybridized carbons (Fsp3) is 0.700. The zero-order valence-corrected chi connectivity index (χ0v) is 24.1. The maximum atomic E-state index is 12.1. The average molecular weight is 629 g/mol. The highest BCUT2D eigenvalue weighted by Crippen LogP contribution is 2.40. The Bertz CT molecular complexity index is 1100. The number of hydrogen-bond acceptors (Lipinski definition) is 11. The Labute approximate surface area is 258 Å². The van der Waals surface area contributed by atoms with Crippen LogP contribution in [0.4, 0.5) is 4.79 Å². The van der Waals surface area contributed by atoms with E-state index in [0.717, 1.165) is 5.56 Å². The lowest BCUT2D eigenvalue weighted by molar-refractivity contribution is -0.172. The summed E-state index contributed by atoms with van der Waals surface area (Å²) in [6, 6.07) is 8.81. The summed E-state index contributed by atoms with van der Waals surface area (Å²) in [7, 11) is 0. The number of carbonyl (C=O) groups is 3. The predicted octanol–water partition coefficient (Wildman–Crippen LogP) is 2.65. The zero-order chi connectivity index (χ0) is 30.7. The van der Waals surface area contributed by atoms with E-state index in [4.69, 9.17) is 49.1 Å². The molecule has 0 bridgehead atoms. The van der Waals surface area contributed by atoms with E-state index in [9.17, 15) is 14.4 Å². The molecule has 4 fully saturated rings. The van der Waals surface area contributed by atoms with Crippen molar-refractivity contribution in [3.05, 3.63) is 35.9 Å². The summed E-state index contributed by atoms with van der Waals surface area (Å²) in [5.41, 5.74) is 6.79.